The van der Waals surface area contributed by atoms with E-state index in [2.05, 4.69) is 10.2 Å². The largest absolute Gasteiger partial charge is 0.355 e. The molecule has 5 heteroatoms. The van der Waals surface area contributed by atoms with Crippen LogP contribution in [-0.4, -0.2) is 49.4 Å². The van der Waals surface area contributed by atoms with Crippen molar-refractivity contribution in [3.05, 3.63) is 29.8 Å². The first-order valence-electron chi connectivity index (χ1n) is 10.3. The van der Waals surface area contributed by atoms with Crippen molar-refractivity contribution in [1.29, 1.82) is 0 Å². The van der Waals surface area contributed by atoms with Gasteiger partial charge in [0.15, 0.2) is 0 Å². The maximum Gasteiger partial charge on any atom is 0.237 e. The zero-order chi connectivity index (χ0) is 19.1. The van der Waals surface area contributed by atoms with Crippen LogP contribution in [-0.2, 0) is 15.0 Å². The van der Waals surface area contributed by atoms with Gasteiger partial charge in [-0.05, 0) is 64.3 Å². The summed E-state index contributed by atoms with van der Waals surface area (Å²) in [5, 5.41) is 3.14. The lowest BCUT2D eigenvalue weighted by Crippen LogP contribution is -2.40. The van der Waals surface area contributed by atoms with E-state index in [0.717, 1.165) is 24.3 Å². The number of fused-ring (bicyclic) bond motifs is 1. The Hall–Kier alpha value is -1.88. The van der Waals surface area contributed by atoms with Crippen LogP contribution >= 0.6 is 0 Å². The van der Waals surface area contributed by atoms with Gasteiger partial charge in [-0.25, -0.2) is 0 Å². The van der Waals surface area contributed by atoms with Crippen LogP contribution in [0.2, 0.25) is 0 Å². The highest BCUT2D eigenvalue weighted by Crippen LogP contribution is 2.46. The second kappa shape index (κ2) is 6.93. The molecule has 1 aromatic rings. The molecule has 1 saturated heterocycles. The van der Waals surface area contributed by atoms with Crippen LogP contribution in [0.3, 0.4) is 0 Å². The Balaban J connectivity index is 1.29. The molecule has 2 fully saturated rings. The molecule has 1 aromatic carbocycles. The smallest absolute Gasteiger partial charge is 0.237 e. The van der Waals surface area contributed by atoms with Crippen LogP contribution in [0.15, 0.2) is 24.3 Å². The van der Waals surface area contributed by atoms with Crippen molar-refractivity contribution in [2.75, 3.05) is 37.6 Å². The summed E-state index contributed by atoms with van der Waals surface area (Å²) >= 11 is 0. The van der Waals surface area contributed by atoms with Gasteiger partial charge in [0.25, 0.3) is 0 Å². The van der Waals surface area contributed by atoms with Crippen LogP contribution < -0.4 is 10.2 Å². The predicted octanol–water partition coefficient (Wildman–Crippen LogP) is 2.69. The first-order valence-corrected chi connectivity index (χ1v) is 10.3. The summed E-state index contributed by atoms with van der Waals surface area (Å²) in [6.07, 6.45) is 5.41. The van der Waals surface area contributed by atoms with Crippen molar-refractivity contribution >= 4 is 17.5 Å². The SMILES string of the molecule is CC1(C)C(=O)N(CCC(=O)NCC2(CN3CCCC3)CC2)c2ccccc21. The lowest BCUT2D eigenvalue weighted by molar-refractivity contribution is -0.122. The standard InChI is InChI=1S/C22H31N3O2/c1-21(2)17-7-3-4-8-18(17)25(20(21)27)14-9-19(26)23-15-22(10-11-22)16-24-12-5-6-13-24/h3-4,7-8H,5-6,9-16H2,1-2H3,(H,23,26). The van der Waals surface area contributed by atoms with Crippen LogP contribution in [0, 0.1) is 5.41 Å². The summed E-state index contributed by atoms with van der Waals surface area (Å²) in [7, 11) is 0. The molecular formula is C22H31N3O2. The molecule has 2 heterocycles. The highest BCUT2D eigenvalue weighted by atomic mass is 16.2. The quantitative estimate of drug-likeness (QED) is 0.804. The molecule has 146 valence electrons. The summed E-state index contributed by atoms with van der Waals surface area (Å²) < 4.78 is 0. The van der Waals surface area contributed by atoms with Crippen LogP contribution in [0.1, 0.15) is 51.5 Å². The monoisotopic (exact) mass is 369 g/mol. The number of amides is 2. The Morgan fingerprint density at radius 1 is 1.15 bits per heavy atom. The molecule has 0 atom stereocenters. The number of benzene rings is 1. The third-order valence-corrected chi connectivity index (χ3v) is 6.59. The van der Waals surface area contributed by atoms with E-state index < -0.39 is 5.41 Å². The number of anilines is 1. The predicted molar refractivity (Wildman–Crippen MR) is 107 cm³/mol. The van der Waals surface area contributed by atoms with Gasteiger partial charge in [0.05, 0.1) is 5.41 Å². The van der Waals surface area contributed by atoms with Gasteiger partial charge in [-0.1, -0.05) is 18.2 Å². The van der Waals surface area contributed by atoms with Gasteiger partial charge in [-0.2, -0.15) is 0 Å². The topological polar surface area (TPSA) is 52.7 Å². The van der Waals surface area contributed by atoms with Crippen LogP contribution in [0.5, 0.6) is 0 Å². The molecule has 0 spiro atoms. The van der Waals surface area contributed by atoms with Gasteiger partial charge in [0, 0.05) is 37.2 Å². The van der Waals surface area contributed by atoms with Crippen LogP contribution in [0.4, 0.5) is 5.69 Å². The third kappa shape index (κ3) is 3.62. The molecule has 1 aliphatic carbocycles. The average Bonchev–Trinajstić information content (AvgIpc) is 3.16. The third-order valence-electron chi connectivity index (χ3n) is 6.59. The zero-order valence-corrected chi connectivity index (χ0v) is 16.6. The minimum absolute atomic E-state index is 0.0534. The lowest BCUT2D eigenvalue weighted by Gasteiger charge is -2.24. The fraction of sp³-hybridized carbons (Fsp3) is 0.636. The molecule has 3 aliphatic rings. The molecule has 27 heavy (non-hydrogen) atoms. The molecule has 2 amide bonds. The number of rotatable bonds is 7. The summed E-state index contributed by atoms with van der Waals surface area (Å²) in [6, 6.07) is 7.92. The average molecular weight is 370 g/mol. The number of hydrogen-bond donors (Lipinski definition) is 1. The van der Waals surface area contributed by atoms with E-state index in [4.69, 9.17) is 0 Å². The number of carbonyl (C=O) groups excluding carboxylic acids is 2. The normalized spacial score (nSPS) is 22.7. The minimum Gasteiger partial charge on any atom is -0.355 e. The first-order chi connectivity index (χ1) is 12.9. The van der Waals surface area contributed by atoms with E-state index in [1.165, 1.54) is 38.8 Å². The van der Waals surface area contributed by atoms with Crippen molar-refractivity contribution in [3.63, 3.8) is 0 Å². The summed E-state index contributed by atoms with van der Waals surface area (Å²) in [5.74, 6) is 0.141. The fourth-order valence-corrected chi connectivity index (χ4v) is 4.59. The highest BCUT2D eigenvalue weighted by Gasteiger charge is 2.45. The Kier molecular flexibility index (Phi) is 4.75. The van der Waals surface area contributed by atoms with Crippen molar-refractivity contribution < 1.29 is 9.59 Å². The fourth-order valence-electron chi connectivity index (χ4n) is 4.59. The number of likely N-dealkylation sites (tertiary alicyclic amines) is 1. The van der Waals surface area contributed by atoms with Gasteiger partial charge in [-0.15, -0.1) is 0 Å². The summed E-state index contributed by atoms with van der Waals surface area (Å²) in [5.41, 5.74) is 1.80. The number of hydrogen-bond acceptors (Lipinski definition) is 3. The van der Waals surface area contributed by atoms with Gasteiger partial charge in [-0.3, -0.25) is 9.59 Å². The minimum atomic E-state index is -0.513. The molecule has 5 nitrogen and oxygen atoms in total. The maximum atomic E-state index is 12.8. The molecular weight excluding hydrogens is 338 g/mol. The van der Waals surface area contributed by atoms with Crippen molar-refractivity contribution in [2.24, 2.45) is 5.41 Å². The van der Waals surface area contributed by atoms with E-state index in [1.54, 1.807) is 4.90 Å². The van der Waals surface area contributed by atoms with E-state index >= 15 is 0 Å². The summed E-state index contributed by atoms with van der Waals surface area (Å²) in [6.45, 7) is 8.69. The van der Waals surface area contributed by atoms with E-state index in [1.807, 2.05) is 38.1 Å². The molecule has 2 aliphatic heterocycles. The Morgan fingerprint density at radius 3 is 2.56 bits per heavy atom. The van der Waals surface area contributed by atoms with Crippen molar-refractivity contribution in [3.8, 4) is 0 Å². The first kappa shape index (κ1) is 18.5. The molecule has 1 saturated carbocycles. The highest BCUT2D eigenvalue weighted by molar-refractivity contribution is 6.07. The maximum absolute atomic E-state index is 12.8. The van der Waals surface area contributed by atoms with E-state index in [9.17, 15) is 9.59 Å². The second-order valence-electron chi connectivity index (χ2n) is 9.11. The molecule has 0 bridgehead atoms. The zero-order valence-electron chi connectivity index (χ0n) is 16.6. The Bertz CT molecular complexity index is 733. The molecule has 0 aromatic heterocycles. The second-order valence-corrected chi connectivity index (χ2v) is 9.11. The van der Waals surface area contributed by atoms with E-state index in [-0.39, 0.29) is 11.8 Å². The Morgan fingerprint density at radius 2 is 1.85 bits per heavy atom. The molecule has 0 unspecified atom stereocenters. The number of carbonyl (C=O) groups is 2. The van der Waals surface area contributed by atoms with Gasteiger partial charge in [0.1, 0.15) is 0 Å². The van der Waals surface area contributed by atoms with Gasteiger partial charge in [0.2, 0.25) is 11.8 Å². The number of para-hydroxylation sites is 1. The molecule has 4 rings (SSSR count). The van der Waals surface area contributed by atoms with Crippen LogP contribution in [0.25, 0.3) is 0 Å². The van der Waals surface area contributed by atoms with Gasteiger partial charge >= 0.3 is 0 Å². The van der Waals surface area contributed by atoms with Crippen molar-refractivity contribution in [2.45, 2.75) is 51.4 Å². The van der Waals surface area contributed by atoms with Crippen molar-refractivity contribution in [1.82, 2.24) is 10.2 Å². The molecule has 1 N–H and O–H groups in total. The summed E-state index contributed by atoms with van der Waals surface area (Å²) in [4.78, 5) is 29.6. The molecule has 0 radical (unpaired) electrons. The van der Waals surface area contributed by atoms with E-state index in [0.29, 0.717) is 18.4 Å². The number of nitrogens with one attached hydrogen (secondary N) is 1. The Labute approximate surface area is 162 Å². The van der Waals surface area contributed by atoms with Gasteiger partial charge < -0.3 is 15.1 Å². The lowest BCUT2D eigenvalue weighted by atomic mass is 9.86. The number of nitrogens with zero attached hydrogens (tertiary/aromatic N) is 2.